The largest absolute Gasteiger partial charge is 0.493 e. The lowest BCUT2D eigenvalue weighted by Gasteiger charge is -2.51. The quantitative estimate of drug-likeness (QED) is 0.0339. The van der Waals surface area contributed by atoms with Gasteiger partial charge < -0.3 is 119 Å². The number of aliphatic carboxylic acids is 1. The summed E-state index contributed by atoms with van der Waals surface area (Å²) in [5.41, 5.74) is -0.629. The SMILES string of the molecule is COC(=O)CCCCCCCCOC1OC(CO)C(OC2OC(CO)C(O)C(OC3(C(=O)O)CC(O)C(C)C([C@H](O)[C@H](O)CO)O3)C2O)C(OC2OC(C)C(O)C(O)C2O)C1NC(=O)c1cc(O)nc(O)n1. The summed E-state index contributed by atoms with van der Waals surface area (Å²) in [6.45, 7) is -0.471. The average molecular weight is 1040 g/mol. The molecule has 29 heteroatoms. The van der Waals surface area contributed by atoms with E-state index in [0.29, 0.717) is 25.7 Å². The number of hydrogen-bond acceptors (Lipinski definition) is 27. The second-order valence-corrected chi connectivity index (χ2v) is 18.1. The molecule has 4 saturated heterocycles. The highest BCUT2D eigenvalue weighted by atomic mass is 16.8. The molecular formula is C43H69N3O26. The van der Waals surface area contributed by atoms with E-state index in [9.17, 15) is 85.9 Å². The predicted octanol–water partition coefficient (Wildman–Crippen LogP) is -5.67. The first-order valence-corrected chi connectivity index (χ1v) is 23.5. The molecule has 1 aromatic heterocycles. The summed E-state index contributed by atoms with van der Waals surface area (Å²) in [4.78, 5) is 45.4. The third-order valence-corrected chi connectivity index (χ3v) is 13.1. The average Bonchev–Trinajstić information content (AvgIpc) is 3.35. The highest BCUT2D eigenvalue weighted by Gasteiger charge is 2.60. The number of carbonyl (C=O) groups is 3. The van der Waals surface area contributed by atoms with Gasteiger partial charge in [-0.25, -0.2) is 4.79 Å². The lowest BCUT2D eigenvalue weighted by molar-refractivity contribution is -0.392. The maximum absolute atomic E-state index is 14.0. The van der Waals surface area contributed by atoms with Crippen LogP contribution in [0.1, 0.15) is 75.7 Å². The Labute approximate surface area is 411 Å². The Morgan fingerprint density at radius 3 is 2.03 bits per heavy atom. The number of rotatable bonds is 24. The number of carboxylic acid groups (broad SMARTS) is 1. The molecule has 0 aliphatic carbocycles. The van der Waals surface area contributed by atoms with E-state index in [2.05, 4.69) is 20.0 Å². The van der Waals surface area contributed by atoms with Crippen LogP contribution in [0.5, 0.6) is 11.9 Å². The van der Waals surface area contributed by atoms with E-state index >= 15 is 0 Å². The van der Waals surface area contributed by atoms with Crippen LogP contribution >= 0.6 is 0 Å². The van der Waals surface area contributed by atoms with Crippen molar-refractivity contribution in [2.75, 3.05) is 33.5 Å². The minimum Gasteiger partial charge on any atom is -0.493 e. The van der Waals surface area contributed by atoms with Gasteiger partial charge >= 0.3 is 17.9 Å². The van der Waals surface area contributed by atoms with Gasteiger partial charge in [0.25, 0.3) is 11.7 Å². The Kier molecular flexibility index (Phi) is 22.0. The van der Waals surface area contributed by atoms with Crippen molar-refractivity contribution in [3.05, 3.63) is 11.8 Å². The zero-order valence-corrected chi connectivity index (χ0v) is 39.7. The first-order chi connectivity index (χ1) is 34.1. The van der Waals surface area contributed by atoms with Gasteiger partial charge in [-0.2, -0.15) is 9.97 Å². The van der Waals surface area contributed by atoms with E-state index in [0.717, 1.165) is 18.9 Å². The Balaban J connectivity index is 1.50. The molecule has 0 aromatic carbocycles. The summed E-state index contributed by atoms with van der Waals surface area (Å²) in [5.74, 6) is -8.40. The Bertz CT molecular complexity index is 1870. The molecule has 0 spiro atoms. The maximum atomic E-state index is 14.0. The number of nitrogens with one attached hydrogen (secondary N) is 1. The minimum atomic E-state index is -3.03. The number of esters is 1. The van der Waals surface area contributed by atoms with Gasteiger partial charge in [-0.05, 0) is 19.8 Å². The Morgan fingerprint density at radius 2 is 1.40 bits per heavy atom. The van der Waals surface area contributed by atoms with Gasteiger partial charge in [0.05, 0.1) is 45.2 Å². The van der Waals surface area contributed by atoms with Crippen molar-refractivity contribution in [2.45, 2.75) is 187 Å². The summed E-state index contributed by atoms with van der Waals surface area (Å²) in [6.07, 6.45) is -30.5. The number of unbranched alkanes of at least 4 members (excludes halogenated alkanes) is 5. The van der Waals surface area contributed by atoms with E-state index in [1.165, 1.54) is 21.0 Å². The van der Waals surface area contributed by atoms with Crippen LogP contribution in [-0.4, -0.2) is 255 Å². The number of aromatic hydroxyl groups is 2. The van der Waals surface area contributed by atoms with Crippen molar-refractivity contribution in [2.24, 2.45) is 5.92 Å². The second-order valence-electron chi connectivity index (χ2n) is 18.1. The van der Waals surface area contributed by atoms with Gasteiger partial charge in [-0.3, -0.25) is 9.59 Å². The van der Waals surface area contributed by atoms with Crippen LogP contribution in [-0.2, 0) is 52.2 Å². The number of ether oxygens (including phenoxy) is 9. The molecular weight excluding hydrogens is 974 g/mol. The van der Waals surface area contributed by atoms with E-state index in [4.69, 9.17) is 37.9 Å². The molecule has 72 heavy (non-hydrogen) atoms. The molecule has 1 amide bonds. The van der Waals surface area contributed by atoms with Crippen molar-refractivity contribution in [1.82, 2.24) is 15.3 Å². The molecule has 21 atom stereocenters. The van der Waals surface area contributed by atoms with Gasteiger partial charge in [0, 0.05) is 31.4 Å². The molecule has 29 nitrogen and oxygen atoms in total. The fourth-order valence-electron chi connectivity index (χ4n) is 8.80. The fraction of sp³-hybridized carbons (Fsp3) is 0.837. The molecule has 412 valence electrons. The van der Waals surface area contributed by atoms with Gasteiger partial charge in [0.15, 0.2) is 18.9 Å². The summed E-state index contributed by atoms with van der Waals surface area (Å²) >= 11 is 0. The molecule has 1 aromatic rings. The highest BCUT2D eigenvalue weighted by molar-refractivity contribution is 5.92. The minimum absolute atomic E-state index is 0.0770. The molecule has 15 N–H and O–H groups in total. The predicted molar refractivity (Wildman–Crippen MR) is 232 cm³/mol. The molecule has 19 unspecified atom stereocenters. The number of aliphatic hydroxyl groups excluding tert-OH is 11. The number of carbonyl (C=O) groups excluding carboxylic acids is 2. The topological polar surface area (TPSA) is 455 Å². The first kappa shape index (κ1) is 59.2. The lowest BCUT2D eigenvalue weighted by atomic mass is 9.84. The van der Waals surface area contributed by atoms with Crippen molar-refractivity contribution < 1.29 is 129 Å². The number of carboxylic acids is 1. The van der Waals surface area contributed by atoms with Crippen LogP contribution in [0.4, 0.5) is 0 Å². The molecule has 4 fully saturated rings. The lowest BCUT2D eigenvalue weighted by Crippen LogP contribution is -2.70. The Morgan fingerprint density at radius 1 is 0.778 bits per heavy atom. The molecule has 4 aliphatic heterocycles. The van der Waals surface area contributed by atoms with Gasteiger partial charge in [0.1, 0.15) is 85.0 Å². The number of nitrogens with zero attached hydrogens (tertiary/aromatic N) is 2. The van der Waals surface area contributed by atoms with E-state index in [1.54, 1.807) is 0 Å². The van der Waals surface area contributed by atoms with Gasteiger partial charge in [-0.15, -0.1) is 0 Å². The number of aromatic nitrogens is 2. The summed E-state index contributed by atoms with van der Waals surface area (Å²) in [6, 6.07) is -1.95. The van der Waals surface area contributed by atoms with Crippen LogP contribution in [0.15, 0.2) is 6.07 Å². The van der Waals surface area contributed by atoms with E-state index < -0.39 is 184 Å². The van der Waals surface area contributed by atoms with Crippen molar-refractivity contribution in [1.29, 1.82) is 0 Å². The van der Waals surface area contributed by atoms with Crippen molar-refractivity contribution >= 4 is 17.8 Å². The first-order valence-electron chi connectivity index (χ1n) is 23.5. The van der Waals surface area contributed by atoms with Crippen LogP contribution in [0.2, 0.25) is 0 Å². The summed E-state index contributed by atoms with van der Waals surface area (Å²) in [7, 11) is 1.30. The number of methoxy groups -OCH3 is 1. The maximum Gasteiger partial charge on any atom is 0.364 e. The van der Waals surface area contributed by atoms with Crippen LogP contribution in [0.3, 0.4) is 0 Å². The highest BCUT2D eigenvalue weighted by Crippen LogP contribution is 2.41. The monoisotopic (exact) mass is 1040 g/mol. The molecule has 5 heterocycles. The smallest absolute Gasteiger partial charge is 0.364 e. The molecule has 5 rings (SSSR count). The normalized spacial score (nSPS) is 38.1. The molecule has 0 saturated carbocycles. The molecule has 0 radical (unpaired) electrons. The third kappa shape index (κ3) is 14.2. The van der Waals surface area contributed by atoms with E-state index in [-0.39, 0.29) is 19.0 Å². The number of amides is 1. The standard InChI is InChI=1S/C43H69N3O26/c1-17-20(50)13-43(41(61)62,71-33(17)28(55)21(51)14-47)72-36-29(56)22(15-48)67-40(32(36)59)69-34-23(16-49)68-38(65-11-9-7-5-4-6-8-10-25(53)64-3)26(46-37(60)19-12-24(52)45-42(63)44-19)35(34)70-39-31(58)30(57)27(54)18(2)66-39/h12,17-18,20-23,26-36,38-40,47-51,54-59H,4-11,13-16H2,1-3H3,(H,46,60)(H,61,62)(H2,44,45,52,63)/t17?,18?,20?,21-,22?,23?,26?,27?,28-,29?,30?,31?,32?,33?,34?,35?,36?,38?,39?,40?,43?/m1/s1. The van der Waals surface area contributed by atoms with Crippen LogP contribution in [0, 0.1) is 5.92 Å². The fourth-order valence-corrected chi connectivity index (χ4v) is 8.80. The van der Waals surface area contributed by atoms with Crippen LogP contribution in [0.25, 0.3) is 0 Å². The number of hydrogen-bond donors (Lipinski definition) is 15. The molecule has 4 aliphatic rings. The second kappa shape index (κ2) is 26.7. The summed E-state index contributed by atoms with van der Waals surface area (Å²) in [5, 5.41) is 152. The zero-order chi connectivity index (χ0) is 53.2. The third-order valence-electron chi connectivity index (χ3n) is 13.1. The summed E-state index contributed by atoms with van der Waals surface area (Å²) < 4.78 is 52.5. The van der Waals surface area contributed by atoms with Gasteiger partial charge in [-0.1, -0.05) is 32.6 Å². The van der Waals surface area contributed by atoms with Crippen molar-refractivity contribution in [3.8, 4) is 11.9 Å². The van der Waals surface area contributed by atoms with Crippen LogP contribution < -0.4 is 5.32 Å². The van der Waals surface area contributed by atoms with E-state index in [1.807, 2.05) is 0 Å². The Hall–Kier alpha value is -3.67. The van der Waals surface area contributed by atoms with Crippen molar-refractivity contribution in [3.63, 3.8) is 0 Å². The zero-order valence-electron chi connectivity index (χ0n) is 39.7. The number of aliphatic hydroxyl groups is 11. The molecule has 0 bridgehead atoms. The van der Waals surface area contributed by atoms with Gasteiger partial charge in [0.2, 0.25) is 5.88 Å².